The van der Waals surface area contributed by atoms with Crippen LogP contribution in [0.5, 0.6) is 5.75 Å². The average Bonchev–Trinajstić information content (AvgIpc) is 3.25. The van der Waals surface area contributed by atoms with E-state index in [-0.39, 0.29) is 11.0 Å². The third kappa shape index (κ3) is 9.45. The van der Waals surface area contributed by atoms with E-state index in [1.54, 1.807) is 44.8 Å². The SMILES string of the molecule is COc1ccc(Cn2nccc2S(=O)(=NC(=O)[C@H](CC(C)C)NC(=O)OC(C)(C)C)N[Si](C)(C)C(C)(C)C)cc1. The molecule has 12 heteroatoms. The molecule has 1 aromatic heterocycles. The number of carbonyl (C=O) groups excluding carboxylic acids is 2. The molecular weight excluding hydrogens is 546 g/mol. The van der Waals surface area contributed by atoms with Crippen LogP contribution in [-0.2, 0) is 26.0 Å². The summed E-state index contributed by atoms with van der Waals surface area (Å²) < 4.78 is 34.8. The average molecular weight is 594 g/mol. The van der Waals surface area contributed by atoms with Crippen molar-refractivity contribution in [3.63, 3.8) is 0 Å². The van der Waals surface area contributed by atoms with Gasteiger partial charge in [0.2, 0.25) is 0 Å². The predicted octanol–water partition coefficient (Wildman–Crippen LogP) is 5.74. The quantitative estimate of drug-likeness (QED) is 0.339. The normalized spacial score (nSPS) is 14.8. The van der Waals surface area contributed by atoms with Crippen molar-refractivity contribution in [3.8, 4) is 5.75 Å². The molecule has 0 aliphatic carbocycles. The molecule has 0 bridgehead atoms. The number of benzene rings is 1. The largest absolute Gasteiger partial charge is 0.497 e. The minimum Gasteiger partial charge on any atom is -0.497 e. The Balaban J connectivity index is 2.60. The molecule has 2 N–H and O–H groups in total. The molecule has 224 valence electrons. The summed E-state index contributed by atoms with van der Waals surface area (Å²) in [5.41, 5.74) is 0.174. The molecule has 1 aromatic carbocycles. The van der Waals surface area contributed by atoms with Crippen molar-refractivity contribution in [2.45, 2.75) is 103 Å². The summed E-state index contributed by atoms with van der Waals surface area (Å²) in [5, 5.41) is 7.16. The van der Waals surface area contributed by atoms with E-state index < -0.39 is 41.8 Å². The lowest BCUT2D eigenvalue weighted by molar-refractivity contribution is -0.120. The third-order valence-electron chi connectivity index (χ3n) is 6.64. The van der Waals surface area contributed by atoms with Gasteiger partial charge in [-0.15, -0.1) is 4.36 Å². The topological polar surface area (TPSA) is 124 Å². The van der Waals surface area contributed by atoms with Gasteiger partial charge in [-0.25, -0.2) is 18.1 Å². The monoisotopic (exact) mass is 593 g/mol. The van der Waals surface area contributed by atoms with Gasteiger partial charge in [-0.2, -0.15) is 5.10 Å². The van der Waals surface area contributed by atoms with Crippen LogP contribution < -0.4 is 14.4 Å². The molecule has 10 nitrogen and oxygen atoms in total. The Morgan fingerprint density at radius 2 is 1.68 bits per heavy atom. The van der Waals surface area contributed by atoms with E-state index >= 15 is 0 Å². The smallest absolute Gasteiger partial charge is 0.408 e. The van der Waals surface area contributed by atoms with Gasteiger partial charge in [-0.3, -0.25) is 4.79 Å². The zero-order chi connectivity index (χ0) is 30.5. The number of amides is 2. The molecule has 0 saturated heterocycles. The van der Waals surface area contributed by atoms with E-state index in [4.69, 9.17) is 9.47 Å². The van der Waals surface area contributed by atoms with Crippen molar-refractivity contribution >= 4 is 30.2 Å². The molecule has 2 atom stereocenters. The first-order valence-electron chi connectivity index (χ1n) is 13.5. The molecule has 0 radical (unpaired) electrons. The summed E-state index contributed by atoms with van der Waals surface area (Å²) in [6.07, 6.45) is 1.13. The zero-order valence-corrected chi connectivity index (χ0v) is 27.6. The number of hydrogen-bond donors (Lipinski definition) is 2. The zero-order valence-electron chi connectivity index (χ0n) is 25.8. The molecule has 0 aliphatic heterocycles. The van der Waals surface area contributed by atoms with E-state index in [9.17, 15) is 13.8 Å². The molecule has 1 unspecified atom stereocenters. The molecule has 0 fully saturated rings. The highest BCUT2D eigenvalue weighted by Crippen LogP contribution is 2.35. The first kappa shape index (κ1) is 33.5. The van der Waals surface area contributed by atoms with Crippen LogP contribution in [0.25, 0.3) is 0 Å². The Hall–Kier alpha value is -2.70. The highest BCUT2D eigenvalue weighted by atomic mass is 32.2. The molecule has 0 aliphatic rings. The Morgan fingerprint density at radius 1 is 1.07 bits per heavy atom. The summed E-state index contributed by atoms with van der Waals surface area (Å²) in [4.78, 5) is 26.3. The summed E-state index contributed by atoms with van der Waals surface area (Å²) >= 11 is 0. The van der Waals surface area contributed by atoms with Crippen molar-refractivity contribution in [1.29, 1.82) is 0 Å². The molecule has 40 heavy (non-hydrogen) atoms. The fourth-order valence-electron chi connectivity index (χ4n) is 3.53. The lowest BCUT2D eigenvalue weighted by atomic mass is 10.0. The van der Waals surface area contributed by atoms with Crippen LogP contribution in [0.15, 0.2) is 45.9 Å². The summed E-state index contributed by atoms with van der Waals surface area (Å²) in [6, 6.07) is 8.11. The highest BCUT2D eigenvalue weighted by molar-refractivity contribution is 7.93. The summed E-state index contributed by atoms with van der Waals surface area (Å²) in [7, 11) is -4.37. The lowest BCUT2D eigenvalue weighted by Crippen LogP contribution is -2.55. The molecule has 0 saturated carbocycles. The van der Waals surface area contributed by atoms with Crippen molar-refractivity contribution in [2.24, 2.45) is 10.3 Å². The van der Waals surface area contributed by atoms with Crippen LogP contribution >= 0.6 is 0 Å². The van der Waals surface area contributed by atoms with Crippen LogP contribution in [0.4, 0.5) is 4.79 Å². The van der Waals surface area contributed by atoms with Gasteiger partial charge >= 0.3 is 6.09 Å². The Morgan fingerprint density at radius 3 is 2.17 bits per heavy atom. The standard InChI is InChI=1S/C28H47N5O5SSi/c1-20(2)18-23(30-26(35)38-27(3,4)5)25(34)31-39(36,32-40(10,11)28(6,7)8)24-16-17-29-33(24)19-21-12-14-22(37-9)15-13-21/h12-17,20,23H,18-19H2,1-11H3,(H,30,35)(H,31,32,34,36)/t23-,39?/m0/s1. The minimum absolute atomic E-state index is 0.0593. The van der Waals surface area contributed by atoms with Gasteiger partial charge in [-0.1, -0.05) is 59.8 Å². The minimum atomic E-state index is -3.51. The second-order valence-electron chi connectivity index (χ2n) is 12.9. The van der Waals surface area contributed by atoms with Crippen LogP contribution in [0, 0.1) is 5.92 Å². The highest BCUT2D eigenvalue weighted by Gasteiger charge is 2.40. The number of hydrogen-bond acceptors (Lipinski definition) is 6. The predicted molar refractivity (Wildman–Crippen MR) is 161 cm³/mol. The maximum atomic E-state index is 14.8. The number of alkyl carbamates (subject to hydrolysis) is 1. The van der Waals surface area contributed by atoms with E-state index in [1.165, 1.54) is 0 Å². The Bertz CT molecular complexity index is 1280. The van der Waals surface area contributed by atoms with Crippen molar-refractivity contribution in [3.05, 3.63) is 42.1 Å². The maximum Gasteiger partial charge on any atom is 0.408 e. The number of ether oxygens (including phenoxy) is 2. The fraction of sp³-hybridized carbons (Fsp3) is 0.607. The second kappa shape index (κ2) is 12.9. The van der Waals surface area contributed by atoms with Crippen LogP contribution in [0.1, 0.15) is 67.4 Å². The van der Waals surface area contributed by atoms with Gasteiger partial charge in [0.1, 0.15) is 30.7 Å². The maximum absolute atomic E-state index is 14.8. The fourth-order valence-corrected chi connectivity index (χ4v) is 9.24. The molecule has 0 spiro atoms. The molecule has 2 rings (SSSR count). The molecule has 1 heterocycles. The molecular formula is C28H47N5O5SSi. The van der Waals surface area contributed by atoms with Gasteiger partial charge in [0.25, 0.3) is 5.91 Å². The van der Waals surface area contributed by atoms with Gasteiger partial charge in [0.05, 0.1) is 19.9 Å². The van der Waals surface area contributed by atoms with Gasteiger partial charge < -0.3 is 14.8 Å². The van der Waals surface area contributed by atoms with Crippen LogP contribution in [-0.4, -0.2) is 53.0 Å². The van der Waals surface area contributed by atoms with E-state index in [0.29, 0.717) is 18.0 Å². The molecule has 2 amide bonds. The van der Waals surface area contributed by atoms with Crippen LogP contribution in [0.2, 0.25) is 18.1 Å². The van der Waals surface area contributed by atoms with Gasteiger partial charge in [0.15, 0.2) is 9.92 Å². The van der Waals surface area contributed by atoms with E-state index in [2.05, 4.69) is 53.0 Å². The third-order valence-corrected chi connectivity index (χ3v) is 14.9. The Kier molecular flexibility index (Phi) is 10.8. The van der Waals surface area contributed by atoms with E-state index in [1.807, 2.05) is 38.1 Å². The summed E-state index contributed by atoms with van der Waals surface area (Å²) in [6.45, 7) is 19.8. The molecule has 2 aromatic rings. The summed E-state index contributed by atoms with van der Waals surface area (Å²) in [5.74, 6) is 0.0964. The lowest BCUT2D eigenvalue weighted by Gasteiger charge is -2.38. The van der Waals surface area contributed by atoms with E-state index in [0.717, 1.165) is 11.3 Å². The second-order valence-corrected chi connectivity index (χ2v) is 20.2. The number of carbonyl (C=O) groups is 2. The van der Waals surface area contributed by atoms with Crippen molar-refractivity contribution in [1.82, 2.24) is 19.5 Å². The van der Waals surface area contributed by atoms with Gasteiger partial charge in [0, 0.05) is 0 Å². The van der Waals surface area contributed by atoms with Crippen molar-refractivity contribution in [2.75, 3.05) is 7.11 Å². The Labute approximate surface area is 241 Å². The van der Waals surface area contributed by atoms with Crippen molar-refractivity contribution < 1.29 is 23.3 Å². The number of nitrogens with one attached hydrogen (secondary N) is 2. The number of methoxy groups -OCH3 is 1. The number of nitrogens with zero attached hydrogens (tertiary/aromatic N) is 3. The van der Waals surface area contributed by atoms with Crippen LogP contribution in [0.3, 0.4) is 0 Å². The first-order valence-corrected chi connectivity index (χ1v) is 18.0. The van der Waals surface area contributed by atoms with Gasteiger partial charge in [-0.05, 0) is 61.9 Å². The number of aromatic nitrogens is 2. The first-order chi connectivity index (χ1) is 18.3. The number of rotatable bonds is 10.